The average Bonchev–Trinajstić information content (AvgIpc) is 2.42. The molecule has 114 valence electrons. The van der Waals surface area contributed by atoms with E-state index in [1.165, 1.54) is 16.7 Å². The summed E-state index contributed by atoms with van der Waals surface area (Å²) < 4.78 is 10.6. The number of rotatable bonds is 10. The number of ether oxygens (including phenoxy) is 2. The standard InChI is InChI=1S/C17H29NO2/c1-5-18-16(9-10-20-12-11-19-4)13-17-14(2)7-6-8-15(17)3/h6-8,16,18H,5,9-13H2,1-4H3. The van der Waals surface area contributed by atoms with Crippen LogP contribution in [0.1, 0.15) is 30.0 Å². The number of likely N-dealkylation sites (N-methyl/N-ethyl adjacent to an activating group) is 1. The van der Waals surface area contributed by atoms with Crippen molar-refractivity contribution in [1.29, 1.82) is 0 Å². The molecule has 0 fully saturated rings. The fraction of sp³-hybridized carbons (Fsp3) is 0.647. The molecule has 20 heavy (non-hydrogen) atoms. The lowest BCUT2D eigenvalue weighted by atomic mass is 9.95. The summed E-state index contributed by atoms with van der Waals surface area (Å²) in [6, 6.07) is 6.99. The molecule has 0 aliphatic carbocycles. The summed E-state index contributed by atoms with van der Waals surface area (Å²) in [5, 5.41) is 3.57. The molecule has 0 aliphatic rings. The lowest BCUT2D eigenvalue weighted by Crippen LogP contribution is -2.32. The van der Waals surface area contributed by atoms with Crippen molar-refractivity contribution in [2.75, 3.05) is 33.5 Å². The predicted octanol–water partition coefficient (Wildman–Crippen LogP) is 2.88. The van der Waals surface area contributed by atoms with Crippen LogP contribution in [-0.2, 0) is 15.9 Å². The Balaban J connectivity index is 2.49. The first-order valence-corrected chi connectivity index (χ1v) is 7.54. The van der Waals surface area contributed by atoms with E-state index in [2.05, 4.69) is 44.3 Å². The summed E-state index contributed by atoms with van der Waals surface area (Å²) in [6.45, 7) is 9.67. The zero-order valence-corrected chi connectivity index (χ0v) is 13.4. The van der Waals surface area contributed by atoms with Gasteiger partial charge in [0.15, 0.2) is 0 Å². The van der Waals surface area contributed by atoms with Crippen LogP contribution < -0.4 is 5.32 Å². The predicted molar refractivity (Wildman–Crippen MR) is 84.4 cm³/mol. The number of aryl methyl sites for hydroxylation is 2. The highest BCUT2D eigenvalue weighted by Gasteiger charge is 2.11. The minimum absolute atomic E-state index is 0.474. The van der Waals surface area contributed by atoms with Crippen molar-refractivity contribution < 1.29 is 9.47 Å². The molecular weight excluding hydrogens is 250 g/mol. The maximum Gasteiger partial charge on any atom is 0.0700 e. The fourth-order valence-corrected chi connectivity index (χ4v) is 2.45. The molecule has 3 heteroatoms. The van der Waals surface area contributed by atoms with Crippen LogP contribution in [0.15, 0.2) is 18.2 Å². The molecule has 1 N–H and O–H groups in total. The van der Waals surface area contributed by atoms with Crippen molar-refractivity contribution in [3.63, 3.8) is 0 Å². The first kappa shape index (κ1) is 17.2. The van der Waals surface area contributed by atoms with Gasteiger partial charge in [0, 0.05) is 19.8 Å². The minimum atomic E-state index is 0.474. The van der Waals surface area contributed by atoms with Crippen molar-refractivity contribution in [2.24, 2.45) is 0 Å². The molecule has 1 aromatic rings. The van der Waals surface area contributed by atoms with E-state index in [1.54, 1.807) is 7.11 Å². The Morgan fingerprint density at radius 1 is 1.10 bits per heavy atom. The van der Waals surface area contributed by atoms with Crippen molar-refractivity contribution in [1.82, 2.24) is 5.32 Å². The van der Waals surface area contributed by atoms with Gasteiger partial charge in [-0.1, -0.05) is 25.1 Å². The van der Waals surface area contributed by atoms with E-state index in [-0.39, 0.29) is 0 Å². The molecule has 0 bridgehead atoms. The Hall–Kier alpha value is -0.900. The van der Waals surface area contributed by atoms with Gasteiger partial charge in [0.05, 0.1) is 13.2 Å². The van der Waals surface area contributed by atoms with Crippen LogP contribution in [0.2, 0.25) is 0 Å². The highest BCUT2D eigenvalue weighted by Crippen LogP contribution is 2.16. The number of methoxy groups -OCH3 is 1. The topological polar surface area (TPSA) is 30.5 Å². The normalized spacial score (nSPS) is 12.6. The summed E-state index contributed by atoms with van der Waals surface area (Å²) in [5.74, 6) is 0. The van der Waals surface area contributed by atoms with E-state index >= 15 is 0 Å². The van der Waals surface area contributed by atoms with E-state index in [0.29, 0.717) is 19.3 Å². The monoisotopic (exact) mass is 279 g/mol. The highest BCUT2D eigenvalue weighted by atomic mass is 16.5. The smallest absolute Gasteiger partial charge is 0.0700 e. The maximum atomic E-state index is 5.58. The second-order valence-corrected chi connectivity index (χ2v) is 5.22. The number of hydrogen-bond acceptors (Lipinski definition) is 3. The van der Waals surface area contributed by atoms with Crippen LogP contribution >= 0.6 is 0 Å². The second-order valence-electron chi connectivity index (χ2n) is 5.22. The van der Waals surface area contributed by atoms with E-state index in [9.17, 15) is 0 Å². The summed E-state index contributed by atoms with van der Waals surface area (Å²) in [4.78, 5) is 0. The van der Waals surface area contributed by atoms with Gasteiger partial charge in [-0.25, -0.2) is 0 Å². The zero-order chi connectivity index (χ0) is 14.8. The van der Waals surface area contributed by atoms with Gasteiger partial charge in [0.1, 0.15) is 0 Å². The summed E-state index contributed by atoms with van der Waals surface area (Å²) in [5.41, 5.74) is 4.23. The molecule has 0 radical (unpaired) electrons. The Bertz CT molecular complexity index is 359. The van der Waals surface area contributed by atoms with Gasteiger partial charge in [-0.3, -0.25) is 0 Å². The van der Waals surface area contributed by atoms with Gasteiger partial charge in [-0.05, 0) is 49.9 Å². The van der Waals surface area contributed by atoms with Crippen LogP contribution in [0.25, 0.3) is 0 Å². The van der Waals surface area contributed by atoms with Crippen LogP contribution in [-0.4, -0.2) is 39.5 Å². The lowest BCUT2D eigenvalue weighted by molar-refractivity contribution is 0.0658. The van der Waals surface area contributed by atoms with Crippen molar-refractivity contribution in [3.05, 3.63) is 34.9 Å². The van der Waals surface area contributed by atoms with Crippen LogP contribution in [0.4, 0.5) is 0 Å². The largest absolute Gasteiger partial charge is 0.382 e. The molecule has 0 spiro atoms. The van der Waals surface area contributed by atoms with Crippen LogP contribution in [0.5, 0.6) is 0 Å². The first-order chi connectivity index (χ1) is 9.69. The molecule has 0 saturated carbocycles. The van der Waals surface area contributed by atoms with Crippen LogP contribution in [0.3, 0.4) is 0 Å². The number of benzene rings is 1. The second kappa shape index (κ2) is 9.92. The van der Waals surface area contributed by atoms with E-state index < -0.39 is 0 Å². The van der Waals surface area contributed by atoms with Crippen molar-refractivity contribution in [2.45, 2.75) is 39.7 Å². The summed E-state index contributed by atoms with van der Waals surface area (Å²) in [6.07, 6.45) is 2.10. The van der Waals surface area contributed by atoms with Crippen molar-refractivity contribution in [3.8, 4) is 0 Å². The summed E-state index contributed by atoms with van der Waals surface area (Å²) >= 11 is 0. The molecule has 0 amide bonds. The first-order valence-electron chi connectivity index (χ1n) is 7.54. The van der Waals surface area contributed by atoms with Gasteiger partial charge in [0.2, 0.25) is 0 Å². The minimum Gasteiger partial charge on any atom is -0.382 e. The van der Waals surface area contributed by atoms with Gasteiger partial charge >= 0.3 is 0 Å². The molecule has 3 nitrogen and oxygen atoms in total. The molecule has 0 heterocycles. The highest BCUT2D eigenvalue weighted by molar-refractivity contribution is 5.34. The molecule has 1 aromatic carbocycles. The molecule has 1 rings (SSSR count). The van der Waals surface area contributed by atoms with Gasteiger partial charge in [-0.2, -0.15) is 0 Å². The summed E-state index contributed by atoms with van der Waals surface area (Å²) in [7, 11) is 1.70. The van der Waals surface area contributed by atoms with E-state index in [1.807, 2.05) is 0 Å². The third-order valence-electron chi connectivity index (χ3n) is 3.63. The Morgan fingerprint density at radius 3 is 2.40 bits per heavy atom. The zero-order valence-electron chi connectivity index (χ0n) is 13.4. The van der Waals surface area contributed by atoms with E-state index in [0.717, 1.165) is 26.0 Å². The SMILES string of the molecule is CCNC(CCOCCOC)Cc1c(C)cccc1C. The number of nitrogens with one attached hydrogen (secondary N) is 1. The molecular formula is C17H29NO2. The molecule has 0 aromatic heterocycles. The van der Waals surface area contributed by atoms with Gasteiger partial charge < -0.3 is 14.8 Å². The molecule has 1 atom stereocenters. The Kier molecular flexibility index (Phi) is 8.51. The fourth-order valence-electron chi connectivity index (χ4n) is 2.45. The average molecular weight is 279 g/mol. The molecule has 1 unspecified atom stereocenters. The van der Waals surface area contributed by atoms with Crippen LogP contribution in [0, 0.1) is 13.8 Å². The van der Waals surface area contributed by atoms with Gasteiger partial charge in [0.25, 0.3) is 0 Å². The quantitative estimate of drug-likeness (QED) is 0.668. The Morgan fingerprint density at radius 2 is 1.80 bits per heavy atom. The van der Waals surface area contributed by atoms with Gasteiger partial charge in [-0.15, -0.1) is 0 Å². The van der Waals surface area contributed by atoms with E-state index in [4.69, 9.17) is 9.47 Å². The van der Waals surface area contributed by atoms with Crippen molar-refractivity contribution >= 4 is 0 Å². The third-order valence-corrected chi connectivity index (χ3v) is 3.63. The number of hydrogen-bond donors (Lipinski definition) is 1. The Labute approximate surface area is 123 Å². The third kappa shape index (κ3) is 6.04. The maximum absolute atomic E-state index is 5.58. The molecule has 0 aliphatic heterocycles. The molecule has 0 saturated heterocycles. The lowest BCUT2D eigenvalue weighted by Gasteiger charge is -2.20.